The Labute approximate surface area is 120 Å². The summed E-state index contributed by atoms with van der Waals surface area (Å²) in [7, 11) is 2.00. The third-order valence-electron chi connectivity index (χ3n) is 2.42. The minimum Gasteiger partial charge on any atom is -0.400 e. The number of hydrogen-bond donors (Lipinski definition) is 4. The summed E-state index contributed by atoms with van der Waals surface area (Å²) < 4.78 is 0. The van der Waals surface area contributed by atoms with Crippen LogP contribution in [0.15, 0.2) is 48.7 Å². The number of aliphatic hydroxyl groups excluding tert-OH is 2. The van der Waals surface area contributed by atoms with Gasteiger partial charge in [0.15, 0.2) is 0 Å². The number of fused-ring (bicyclic) bond motifs is 1. The van der Waals surface area contributed by atoms with Crippen molar-refractivity contribution in [3.63, 3.8) is 0 Å². The van der Waals surface area contributed by atoms with Crippen LogP contribution in [0.1, 0.15) is 11.4 Å². The third kappa shape index (κ3) is 6.22. The van der Waals surface area contributed by atoms with Gasteiger partial charge in [0.05, 0.1) is 0 Å². The summed E-state index contributed by atoms with van der Waals surface area (Å²) in [6.07, 6.45) is 1.91. The van der Waals surface area contributed by atoms with Crippen LogP contribution in [0.5, 0.6) is 0 Å². The molecule has 3 aromatic rings. The van der Waals surface area contributed by atoms with Crippen molar-refractivity contribution in [2.24, 2.45) is 0 Å². The van der Waals surface area contributed by atoms with Gasteiger partial charge in [0.25, 0.3) is 0 Å². The predicted molar refractivity (Wildman–Crippen MR) is 84.9 cm³/mol. The van der Waals surface area contributed by atoms with Crippen molar-refractivity contribution >= 4 is 10.9 Å². The molecule has 4 N–H and O–H groups in total. The molecular formula is C16H24N2O2. The van der Waals surface area contributed by atoms with Gasteiger partial charge in [-0.1, -0.05) is 18.2 Å². The Balaban J connectivity index is 0.000000312. The zero-order valence-corrected chi connectivity index (χ0v) is 12.5. The largest absolute Gasteiger partial charge is 0.400 e. The fourth-order valence-corrected chi connectivity index (χ4v) is 1.64. The molecule has 4 nitrogen and oxygen atoms in total. The van der Waals surface area contributed by atoms with Crippen molar-refractivity contribution in [1.82, 2.24) is 9.97 Å². The number of nitrogens with one attached hydrogen (secondary N) is 2. The van der Waals surface area contributed by atoms with Crippen LogP contribution >= 0.6 is 0 Å². The highest BCUT2D eigenvalue weighted by Crippen LogP contribution is 2.12. The van der Waals surface area contributed by atoms with E-state index < -0.39 is 0 Å². The molecule has 20 heavy (non-hydrogen) atoms. The number of aromatic nitrogens is 2. The third-order valence-corrected chi connectivity index (χ3v) is 2.42. The fraction of sp³-hybridized carbons (Fsp3) is 0.250. The topological polar surface area (TPSA) is 72.0 Å². The van der Waals surface area contributed by atoms with Crippen molar-refractivity contribution in [1.29, 1.82) is 0 Å². The summed E-state index contributed by atoms with van der Waals surface area (Å²) in [5.74, 6) is 0. The number of aryl methyl sites for hydroxylation is 2. The summed E-state index contributed by atoms with van der Waals surface area (Å²) in [5.41, 5.74) is 3.66. The van der Waals surface area contributed by atoms with E-state index in [0.29, 0.717) is 0 Å². The number of benzene rings is 1. The second kappa shape index (κ2) is 10.8. The van der Waals surface area contributed by atoms with Gasteiger partial charge in [-0.05, 0) is 43.5 Å². The SMILES string of the molecule is CO.CO.Cc1cc2ccccc2[nH]1.Cc1ccc[nH]1. The summed E-state index contributed by atoms with van der Waals surface area (Å²) >= 11 is 0. The van der Waals surface area contributed by atoms with Crippen LogP contribution in [0.2, 0.25) is 0 Å². The summed E-state index contributed by atoms with van der Waals surface area (Å²) in [5, 5.41) is 15.3. The summed E-state index contributed by atoms with van der Waals surface area (Å²) in [4.78, 5) is 6.26. The van der Waals surface area contributed by atoms with Crippen LogP contribution in [0.25, 0.3) is 10.9 Å². The summed E-state index contributed by atoms with van der Waals surface area (Å²) in [6.45, 7) is 4.10. The molecule has 2 heterocycles. The Bertz CT molecular complexity index is 524. The Kier molecular flexibility index (Phi) is 9.74. The molecule has 0 saturated carbocycles. The zero-order valence-electron chi connectivity index (χ0n) is 12.5. The molecule has 0 bridgehead atoms. The van der Waals surface area contributed by atoms with Gasteiger partial charge in [-0.15, -0.1) is 0 Å². The van der Waals surface area contributed by atoms with E-state index in [1.807, 2.05) is 31.3 Å². The van der Waals surface area contributed by atoms with Crippen LogP contribution in [0, 0.1) is 13.8 Å². The first kappa shape index (κ1) is 18.0. The average Bonchev–Trinajstić information content (AvgIpc) is 3.11. The van der Waals surface area contributed by atoms with E-state index in [1.165, 1.54) is 22.3 Å². The molecule has 0 amide bonds. The molecule has 0 fully saturated rings. The van der Waals surface area contributed by atoms with Crippen LogP contribution in [-0.4, -0.2) is 34.4 Å². The van der Waals surface area contributed by atoms with E-state index in [4.69, 9.17) is 10.2 Å². The second-order valence-corrected chi connectivity index (χ2v) is 3.89. The maximum absolute atomic E-state index is 7.00. The van der Waals surface area contributed by atoms with Gasteiger partial charge in [-0.2, -0.15) is 0 Å². The van der Waals surface area contributed by atoms with Crippen molar-refractivity contribution < 1.29 is 10.2 Å². The molecule has 0 aliphatic carbocycles. The lowest BCUT2D eigenvalue weighted by atomic mass is 10.2. The van der Waals surface area contributed by atoms with Gasteiger partial charge in [0, 0.05) is 37.3 Å². The van der Waals surface area contributed by atoms with Crippen LogP contribution < -0.4 is 0 Å². The van der Waals surface area contributed by atoms with Gasteiger partial charge in [0.1, 0.15) is 0 Å². The maximum atomic E-state index is 7.00. The van der Waals surface area contributed by atoms with Crippen LogP contribution in [-0.2, 0) is 0 Å². The highest BCUT2D eigenvalue weighted by molar-refractivity contribution is 5.79. The van der Waals surface area contributed by atoms with Crippen molar-refractivity contribution in [2.45, 2.75) is 13.8 Å². The predicted octanol–water partition coefficient (Wildman–Crippen LogP) is 3.02. The first-order valence-electron chi connectivity index (χ1n) is 6.29. The Hall–Kier alpha value is -2.04. The molecule has 1 aromatic carbocycles. The average molecular weight is 276 g/mol. The van der Waals surface area contributed by atoms with Crippen LogP contribution in [0.3, 0.4) is 0 Å². The Morgan fingerprint density at radius 1 is 0.800 bits per heavy atom. The van der Waals surface area contributed by atoms with Gasteiger partial charge in [0.2, 0.25) is 0 Å². The Morgan fingerprint density at radius 2 is 1.45 bits per heavy atom. The molecule has 4 heteroatoms. The first-order valence-corrected chi connectivity index (χ1v) is 6.29. The van der Waals surface area contributed by atoms with Crippen LogP contribution in [0.4, 0.5) is 0 Å². The maximum Gasteiger partial charge on any atom is 0.0455 e. The molecule has 0 saturated heterocycles. The second-order valence-electron chi connectivity index (χ2n) is 3.89. The van der Waals surface area contributed by atoms with Gasteiger partial charge >= 0.3 is 0 Å². The van der Waals surface area contributed by atoms with Gasteiger partial charge in [-0.3, -0.25) is 0 Å². The number of para-hydroxylation sites is 1. The van der Waals surface area contributed by atoms with E-state index in [0.717, 1.165) is 14.2 Å². The smallest absolute Gasteiger partial charge is 0.0455 e. The van der Waals surface area contributed by atoms with Crippen molar-refractivity contribution in [2.75, 3.05) is 14.2 Å². The molecule has 0 aliphatic heterocycles. The number of rotatable bonds is 0. The molecular weight excluding hydrogens is 252 g/mol. The number of H-pyrrole nitrogens is 2. The highest BCUT2D eigenvalue weighted by Gasteiger charge is 1.92. The first-order chi connectivity index (χ1) is 9.75. The molecule has 0 spiro atoms. The molecule has 110 valence electrons. The van der Waals surface area contributed by atoms with E-state index in [2.05, 4.69) is 41.2 Å². The molecule has 0 radical (unpaired) electrons. The lowest BCUT2D eigenvalue weighted by molar-refractivity contribution is 0.399. The Morgan fingerprint density at radius 3 is 1.90 bits per heavy atom. The highest BCUT2D eigenvalue weighted by atomic mass is 16.2. The van der Waals surface area contributed by atoms with Crippen molar-refractivity contribution in [3.8, 4) is 0 Å². The number of hydrogen-bond acceptors (Lipinski definition) is 2. The van der Waals surface area contributed by atoms with Crippen molar-refractivity contribution in [3.05, 3.63) is 60.0 Å². The van der Waals surface area contributed by atoms with Gasteiger partial charge in [-0.25, -0.2) is 0 Å². The van der Waals surface area contributed by atoms with E-state index in [9.17, 15) is 0 Å². The van der Waals surface area contributed by atoms with E-state index >= 15 is 0 Å². The summed E-state index contributed by atoms with van der Waals surface area (Å²) in [6, 6.07) is 14.4. The van der Waals surface area contributed by atoms with Gasteiger partial charge < -0.3 is 20.2 Å². The van der Waals surface area contributed by atoms with E-state index in [-0.39, 0.29) is 0 Å². The monoisotopic (exact) mass is 276 g/mol. The fourth-order valence-electron chi connectivity index (χ4n) is 1.64. The molecule has 3 rings (SSSR count). The molecule has 2 aromatic heterocycles. The van der Waals surface area contributed by atoms with E-state index in [1.54, 1.807) is 0 Å². The molecule has 0 aliphatic rings. The molecule has 0 unspecified atom stereocenters. The number of aliphatic hydroxyl groups is 2. The quantitative estimate of drug-likeness (QED) is 0.509. The lowest BCUT2D eigenvalue weighted by Gasteiger charge is -1.83. The minimum atomic E-state index is 1.00. The normalized spacial score (nSPS) is 8.50. The lowest BCUT2D eigenvalue weighted by Crippen LogP contribution is -1.65. The minimum absolute atomic E-state index is 1.00. The standard InChI is InChI=1S/C9H9N.C5H7N.2CH4O/c1-7-6-8-4-2-3-5-9(8)10-7;1-5-3-2-4-6-5;2*1-2/h2-6,10H,1H3;2-4,6H,1H3;2*2H,1H3. The number of aromatic amines is 2. The zero-order chi connectivity index (χ0) is 15.4. The molecule has 0 atom stereocenters.